The third-order valence-corrected chi connectivity index (χ3v) is 8.58. The number of benzene rings is 1. The Kier molecular flexibility index (Phi) is 8.56. The number of nitrogens with one attached hydrogen (secondary N) is 1. The van der Waals surface area contributed by atoms with Gasteiger partial charge in [0.1, 0.15) is 5.69 Å². The zero-order valence-corrected chi connectivity index (χ0v) is 23.9. The van der Waals surface area contributed by atoms with Crippen molar-refractivity contribution < 1.29 is 23.9 Å². The van der Waals surface area contributed by atoms with Crippen LogP contribution >= 0.6 is 0 Å². The highest BCUT2D eigenvalue weighted by Crippen LogP contribution is 2.38. The Morgan fingerprint density at radius 1 is 1.10 bits per heavy atom. The molecule has 2 fully saturated rings. The molecule has 0 aliphatic carbocycles. The molecule has 1 aromatic heterocycles. The van der Waals surface area contributed by atoms with E-state index in [1.165, 1.54) is 0 Å². The monoisotopic (exact) mass is 551 g/mol. The quantitative estimate of drug-likeness (QED) is 0.527. The van der Waals surface area contributed by atoms with Gasteiger partial charge in [-0.05, 0) is 75.3 Å². The van der Waals surface area contributed by atoms with Crippen LogP contribution in [-0.4, -0.2) is 97.0 Å². The number of aryl methyl sites for hydroxylation is 1. The molecule has 0 bridgehead atoms. The minimum Gasteiger partial charge on any atom is -0.462 e. The number of hydrogen-bond donors (Lipinski definition) is 1. The van der Waals surface area contributed by atoms with Gasteiger partial charge < -0.3 is 24.6 Å². The first-order valence-corrected chi connectivity index (χ1v) is 14.5. The Hall–Kier alpha value is -3.24. The van der Waals surface area contributed by atoms with Gasteiger partial charge in [-0.3, -0.25) is 14.3 Å². The lowest BCUT2D eigenvalue weighted by atomic mass is 9.75. The summed E-state index contributed by atoms with van der Waals surface area (Å²) in [5, 5.41) is 7.96. The van der Waals surface area contributed by atoms with Crippen LogP contribution in [0.15, 0.2) is 24.3 Å². The van der Waals surface area contributed by atoms with E-state index in [1.54, 1.807) is 24.3 Å². The maximum atomic E-state index is 13.1. The lowest BCUT2D eigenvalue weighted by Crippen LogP contribution is -2.47. The number of esters is 1. The average molecular weight is 552 g/mol. The second-order valence-electron chi connectivity index (χ2n) is 11.6. The molecule has 3 aliphatic heterocycles. The number of carbonyl (C=O) groups is 3. The molecule has 0 unspecified atom stereocenters. The van der Waals surface area contributed by atoms with Gasteiger partial charge in [-0.25, -0.2) is 4.79 Å². The van der Waals surface area contributed by atoms with E-state index in [9.17, 15) is 14.4 Å². The minimum atomic E-state index is -0.413. The molecule has 2 amide bonds. The number of ether oxygens (including phenoxy) is 2. The Labute approximate surface area is 236 Å². The van der Waals surface area contributed by atoms with Crippen molar-refractivity contribution in [2.24, 2.45) is 11.3 Å². The maximum Gasteiger partial charge on any atom is 0.338 e. The summed E-state index contributed by atoms with van der Waals surface area (Å²) in [6.45, 7) is 10.1. The largest absolute Gasteiger partial charge is 0.462 e. The van der Waals surface area contributed by atoms with E-state index in [2.05, 4.69) is 17.3 Å². The van der Waals surface area contributed by atoms with Gasteiger partial charge in [0.25, 0.3) is 11.8 Å². The van der Waals surface area contributed by atoms with E-state index in [0.29, 0.717) is 62.6 Å². The SMILES string of the molecule is CCn1nc(C[C@@H](C)COC(=O)c2ccc(C(=O)N3CCN(C)CC3)cc2)c2c1C(=O)NCC1(CCOCC1)C2. The highest BCUT2D eigenvalue weighted by Gasteiger charge is 2.39. The van der Waals surface area contributed by atoms with Crippen molar-refractivity contribution in [2.45, 2.75) is 46.1 Å². The summed E-state index contributed by atoms with van der Waals surface area (Å²) >= 11 is 0. The highest BCUT2D eigenvalue weighted by molar-refractivity contribution is 5.96. The Balaban J connectivity index is 1.21. The summed E-state index contributed by atoms with van der Waals surface area (Å²) in [4.78, 5) is 42.7. The van der Waals surface area contributed by atoms with Crippen molar-refractivity contribution in [3.8, 4) is 0 Å². The van der Waals surface area contributed by atoms with Crippen LogP contribution in [0, 0.1) is 11.3 Å². The summed E-state index contributed by atoms with van der Waals surface area (Å²) in [7, 11) is 2.05. The van der Waals surface area contributed by atoms with E-state index >= 15 is 0 Å². The predicted molar refractivity (Wildman–Crippen MR) is 149 cm³/mol. The van der Waals surface area contributed by atoms with Gasteiger partial charge in [-0.2, -0.15) is 5.10 Å². The predicted octanol–water partition coefficient (Wildman–Crippen LogP) is 2.41. The fourth-order valence-electron chi connectivity index (χ4n) is 5.96. The van der Waals surface area contributed by atoms with E-state index in [4.69, 9.17) is 14.6 Å². The van der Waals surface area contributed by atoms with Crippen LogP contribution in [0.5, 0.6) is 0 Å². The first kappa shape index (κ1) is 28.3. The molecule has 0 saturated carbocycles. The summed E-state index contributed by atoms with van der Waals surface area (Å²) < 4.78 is 13.1. The topological polar surface area (TPSA) is 106 Å². The first-order valence-electron chi connectivity index (χ1n) is 14.5. The molecule has 216 valence electrons. The van der Waals surface area contributed by atoms with Crippen LogP contribution < -0.4 is 5.32 Å². The number of piperazine rings is 1. The van der Waals surface area contributed by atoms with Gasteiger partial charge in [0.2, 0.25) is 0 Å². The van der Waals surface area contributed by atoms with Gasteiger partial charge in [-0.1, -0.05) is 6.92 Å². The van der Waals surface area contributed by atoms with E-state index in [1.807, 2.05) is 23.4 Å². The van der Waals surface area contributed by atoms with Gasteiger partial charge in [0.15, 0.2) is 0 Å². The molecule has 40 heavy (non-hydrogen) atoms. The minimum absolute atomic E-state index is 0.0106. The maximum absolute atomic E-state index is 13.1. The van der Waals surface area contributed by atoms with Gasteiger partial charge >= 0.3 is 5.97 Å². The van der Waals surface area contributed by atoms with Gasteiger partial charge in [0.05, 0.1) is 17.9 Å². The number of rotatable bonds is 7. The Bertz CT molecular complexity index is 1230. The number of carbonyl (C=O) groups excluding carboxylic acids is 3. The lowest BCUT2D eigenvalue weighted by molar-refractivity contribution is 0.0160. The van der Waals surface area contributed by atoms with Gasteiger partial charge in [0, 0.05) is 63.6 Å². The second kappa shape index (κ2) is 12.1. The lowest BCUT2D eigenvalue weighted by Gasteiger charge is -2.36. The number of hydrogen-bond acceptors (Lipinski definition) is 7. The molecule has 3 aliphatic rings. The first-order chi connectivity index (χ1) is 19.3. The summed E-state index contributed by atoms with van der Waals surface area (Å²) in [6, 6.07) is 6.71. The van der Waals surface area contributed by atoms with Gasteiger partial charge in [-0.15, -0.1) is 0 Å². The number of amides is 2. The van der Waals surface area contributed by atoms with Crippen LogP contribution in [0.3, 0.4) is 0 Å². The number of nitrogens with zero attached hydrogens (tertiary/aromatic N) is 4. The molecule has 5 rings (SSSR count). The number of aromatic nitrogens is 2. The molecular weight excluding hydrogens is 510 g/mol. The summed E-state index contributed by atoms with van der Waals surface area (Å²) in [5.41, 5.74) is 3.59. The molecule has 1 aromatic carbocycles. The highest BCUT2D eigenvalue weighted by atomic mass is 16.5. The normalized spacial score (nSPS) is 20.0. The third-order valence-electron chi connectivity index (χ3n) is 8.58. The average Bonchev–Trinajstić information content (AvgIpc) is 3.24. The molecule has 1 atom stereocenters. The molecule has 4 heterocycles. The smallest absolute Gasteiger partial charge is 0.338 e. The number of likely N-dealkylation sites (N-methyl/N-ethyl adjacent to an activating group) is 1. The molecule has 1 N–H and O–H groups in total. The van der Waals surface area contributed by atoms with E-state index < -0.39 is 5.97 Å². The van der Waals surface area contributed by atoms with Crippen molar-refractivity contribution >= 4 is 17.8 Å². The summed E-state index contributed by atoms with van der Waals surface area (Å²) in [5.74, 6) is -0.469. The standard InChI is InChI=1S/C30H41N5O5/c1-4-35-26-24(18-30(20-31-27(26)36)9-15-39-16-10-30)25(32-35)17-21(2)19-40-29(38)23-7-5-22(6-8-23)28(37)34-13-11-33(3)12-14-34/h5-8,21H,4,9-20H2,1-3H3,(H,31,36)/t21-/m1/s1. The van der Waals surface area contributed by atoms with Crippen molar-refractivity contribution in [3.05, 3.63) is 52.3 Å². The molecule has 2 aromatic rings. The molecule has 0 radical (unpaired) electrons. The zero-order chi connectivity index (χ0) is 28.3. The summed E-state index contributed by atoms with van der Waals surface area (Å²) in [6.07, 6.45) is 3.24. The molecule has 10 heteroatoms. The van der Waals surface area contributed by atoms with E-state index in [-0.39, 0.29) is 29.8 Å². The molecular formula is C30H41N5O5. The fourth-order valence-corrected chi connectivity index (χ4v) is 5.96. The fraction of sp³-hybridized carbons (Fsp3) is 0.600. The Morgan fingerprint density at radius 3 is 2.45 bits per heavy atom. The van der Waals surface area contributed by atoms with Crippen LogP contribution in [-0.2, 0) is 28.9 Å². The van der Waals surface area contributed by atoms with Crippen molar-refractivity contribution in [3.63, 3.8) is 0 Å². The molecule has 1 spiro atoms. The molecule has 10 nitrogen and oxygen atoms in total. The zero-order valence-electron chi connectivity index (χ0n) is 23.9. The third kappa shape index (κ3) is 6.07. The van der Waals surface area contributed by atoms with Crippen molar-refractivity contribution in [2.75, 3.05) is 59.6 Å². The van der Waals surface area contributed by atoms with Crippen LogP contribution in [0.1, 0.15) is 69.2 Å². The van der Waals surface area contributed by atoms with Crippen LogP contribution in [0.2, 0.25) is 0 Å². The molecule has 2 saturated heterocycles. The van der Waals surface area contributed by atoms with Crippen molar-refractivity contribution in [1.82, 2.24) is 24.9 Å². The number of fused-ring (bicyclic) bond motifs is 1. The van der Waals surface area contributed by atoms with E-state index in [0.717, 1.165) is 43.6 Å². The van der Waals surface area contributed by atoms with Crippen LogP contribution in [0.25, 0.3) is 0 Å². The van der Waals surface area contributed by atoms with Crippen LogP contribution in [0.4, 0.5) is 0 Å². The Morgan fingerprint density at radius 2 is 1.77 bits per heavy atom. The van der Waals surface area contributed by atoms with Crippen molar-refractivity contribution in [1.29, 1.82) is 0 Å². The second-order valence-corrected chi connectivity index (χ2v) is 11.6.